The Kier molecular flexibility index (Phi) is 4.60. The molecule has 1 saturated heterocycles. The highest BCUT2D eigenvalue weighted by atomic mass is 16.5. The van der Waals surface area contributed by atoms with Crippen LogP contribution in [0.4, 0.5) is 0 Å². The van der Waals surface area contributed by atoms with Gasteiger partial charge in [0.25, 0.3) is 5.91 Å². The quantitative estimate of drug-likeness (QED) is 0.745. The van der Waals surface area contributed by atoms with Crippen molar-refractivity contribution in [3.05, 3.63) is 24.3 Å². The summed E-state index contributed by atoms with van der Waals surface area (Å²) >= 11 is 0. The fourth-order valence-corrected chi connectivity index (χ4v) is 1.82. The van der Waals surface area contributed by atoms with Gasteiger partial charge in [0, 0.05) is 45.6 Å². The van der Waals surface area contributed by atoms with Crippen molar-refractivity contribution >= 4 is 5.91 Å². The highest BCUT2D eigenvalue weighted by Crippen LogP contribution is 2.00. The minimum atomic E-state index is -0.0867. The lowest BCUT2D eigenvalue weighted by Crippen LogP contribution is -2.42. The second-order valence-corrected chi connectivity index (χ2v) is 4.27. The molecule has 0 aromatic carbocycles. The van der Waals surface area contributed by atoms with Crippen molar-refractivity contribution in [1.82, 2.24) is 19.8 Å². The van der Waals surface area contributed by atoms with Gasteiger partial charge < -0.3 is 9.64 Å². The van der Waals surface area contributed by atoms with Gasteiger partial charge in [0.2, 0.25) is 0 Å². The maximum absolute atomic E-state index is 12.0. The lowest BCUT2D eigenvalue weighted by molar-refractivity contribution is 0.0337. The molecule has 0 aliphatic carbocycles. The van der Waals surface area contributed by atoms with Crippen molar-refractivity contribution in [3.8, 4) is 0 Å². The summed E-state index contributed by atoms with van der Waals surface area (Å²) in [5, 5.41) is 0. The van der Waals surface area contributed by atoms with Crippen LogP contribution in [0.5, 0.6) is 0 Å². The molecule has 0 saturated carbocycles. The van der Waals surface area contributed by atoms with Crippen molar-refractivity contribution in [2.75, 3.05) is 46.4 Å². The maximum atomic E-state index is 12.0. The molecule has 6 heteroatoms. The summed E-state index contributed by atoms with van der Waals surface area (Å²) < 4.78 is 5.28. The highest BCUT2D eigenvalue weighted by Gasteiger charge is 2.15. The molecule has 98 valence electrons. The second-order valence-electron chi connectivity index (χ2n) is 4.27. The average Bonchev–Trinajstić information content (AvgIpc) is 2.46. The molecule has 0 bridgehead atoms. The molecule has 2 rings (SSSR count). The number of hydrogen-bond donors (Lipinski definition) is 0. The molecular weight excluding hydrogens is 232 g/mol. The van der Waals surface area contributed by atoms with E-state index in [9.17, 15) is 4.79 Å². The largest absolute Gasteiger partial charge is 0.379 e. The molecule has 18 heavy (non-hydrogen) atoms. The molecule has 0 N–H and O–H groups in total. The molecule has 2 heterocycles. The molecule has 0 atom stereocenters. The third kappa shape index (κ3) is 3.48. The first-order chi connectivity index (χ1) is 8.77. The first kappa shape index (κ1) is 12.9. The van der Waals surface area contributed by atoms with Gasteiger partial charge in [0.05, 0.1) is 19.4 Å². The fourth-order valence-electron chi connectivity index (χ4n) is 1.82. The zero-order valence-electron chi connectivity index (χ0n) is 10.6. The summed E-state index contributed by atoms with van der Waals surface area (Å²) in [7, 11) is 1.79. The number of nitrogens with zero attached hydrogens (tertiary/aromatic N) is 4. The van der Waals surface area contributed by atoms with Crippen molar-refractivity contribution < 1.29 is 9.53 Å². The number of ether oxygens (including phenoxy) is 1. The number of morpholine rings is 1. The highest BCUT2D eigenvalue weighted by molar-refractivity contribution is 5.91. The molecule has 6 nitrogen and oxygen atoms in total. The van der Waals surface area contributed by atoms with Crippen LogP contribution in [0.3, 0.4) is 0 Å². The molecule has 0 unspecified atom stereocenters. The predicted molar refractivity (Wildman–Crippen MR) is 66.3 cm³/mol. The van der Waals surface area contributed by atoms with Crippen LogP contribution in [-0.2, 0) is 4.74 Å². The molecular formula is C12H18N4O2. The lowest BCUT2D eigenvalue weighted by atomic mass is 10.3. The third-order valence-corrected chi connectivity index (χ3v) is 2.98. The number of rotatable bonds is 4. The van der Waals surface area contributed by atoms with Crippen LogP contribution >= 0.6 is 0 Å². The minimum Gasteiger partial charge on any atom is -0.379 e. The predicted octanol–water partition coefficient (Wildman–Crippen LogP) is -0.119. The summed E-state index contributed by atoms with van der Waals surface area (Å²) in [5.41, 5.74) is 0.391. The number of hydrogen-bond acceptors (Lipinski definition) is 5. The Morgan fingerprint density at radius 3 is 2.89 bits per heavy atom. The Hall–Kier alpha value is -1.53. The monoisotopic (exact) mass is 250 g/mol. The molecule has 0 radical (unpaired) electrons. The van der Waals surface area contributed by atoms with Gasteiger partial charge in [-0.3, -0.25) is 14.7 Å². The van der Waals surface area contributed by atoms with E-state index >= 15 is 0 Å². The van der Waals surface area contributed by atoms with Crippen LogP contribution in [-0.4, -0.2) is 72.1 Å². The van der Waals surface area contributed by atoms with Crippen LogP contribution < -0.4 is 0 Å². The van der Waals surface area contributed by atoms with Crippen LogP contribution in [0.2, 0.25) is 0 Å². The Balaban J connectivity index is 1.80. The minimum absolute atomic E-state index is 0.0867. The summed E-state index contributed by atoms with van der Waals surface area (Å²) in [6.45, 7) is 4.99. The summed E-state index contributed by atoms with van der Waals surface area (Å²) in [5.74, 6) is -0.0867. The van der Waals surface area contributed by atoms with E-state index in [-0.39, 0.29) is 5.91 Å². The van der Waals surface area contributed by atoms with Gasteiger partial charge in [-0.15, -0.1) is 0 Å². The third-order valence-electron chi connectivity index (χ3n) is 2.98. The standard InChI is InChI=1S/C12H18N4O2/c1-15(4-5-16-6-8-18-9-7-16)12(17)11-10-13-2-3-14-11/h2-3,10H,4-9H2,1H3. The number of aromatic nitrogens is 2. The Morgan fingerprint density at radius 2 is 2.22 bits per heavy atom. The topological polar surface area (TPSA) is 58.6 Å². The fraction of sp³-hybridized carbons (Fsp3) is 0.583. The van der Waals surface area contributed by atoms with E-state index in [4.69, 9.17) is 4.74 Å². The van der Waals surface area contributed by atoms with Gasteiger partial charge in [0.15, 0.2) is 0 Å². The van der Waals surface area contributed by atoms with E-state index in [0.29, 0.717) is 12.2 Å². The SMILES string of the molecule is CN(CCN1CCOCC1)C(=O)c1cnccn1. The average molecular weight is 250 g/mol. The molecule has 1 aliphatic rings. The summed E-state index contributed by atoms with van der Waals surface area (Å²) in [4.78, 5) is 23.9. The first-order valence-electron chi connectivity index (χ1n) is 6.09. The first-order valence-corrected chi connectivity index (χ1v) is 6.09. The normalized spacial score (nSPS) is 16.5. The van der Waals surface area contributed by atoms with E-state index in [2.05, 4.69) is 14.9 Å². The van der Waals surface area contributed by atoms with E-state index in [0.717, 1.165) is 32.8 Å². The van der Waals surface area contributed by atoms with Crippen molar-refractivity contribution in [2.24, 2.45) is 0 Å². The molecule has 1 aromatic heterocycles. The van der Waals surface area contributed by atoms with Crippen LogP contribution in [0.1, 0.15) is 10.5 Å². The smallest absolute Gasteiger partial charge is 0.273 e. The van der Waals surface area contributed by atoms with Gasteiger partial charge in [-0.1, -0.05) is 0 Å². The van der Waals surface area contributed by atoms with E-state index < -0.39 is 0 Å². The molecule has 1 amide bonds. The van der Waals surface area contributed by atoms with Crippen LogP contribution in [0.25, 0.3) is 0 Å². The van der Waals surface area contributed by atoms with Gasteiger partial charge in [-0.25, -0.2) is 4.98 Å². The van der Waals surface area contributed by atoms with Gasteiger partial charge in [-0.05, 0) is 0 Å². The van der Waals surface area contributed by atoms with Crippen LogP contribution in [0, 0.1) is 0 Å². The van der Waals surface area contributed by atoms with Gasteiger partial charge in [-0.2, -0.15) is 0 Å². The Labute approximate surface area is 107 Å². The summed E-state index contributed by atoms with van der Waals surface area (Å²) in [6.07, 6.45) is 4.58. The van der Waals surface area contributed by atoms with Gasteiger partial charge >= 0.3 is 0 Å². The van der Waals surface area contributed by atoms with E-state index in [1.165, 1.54) is 12.4 Å². The second kappa shape index (κ2) is 6.42. The molecule has 1 fully saturated rings. The van der Waals surface area contributed by atoms with Crippen molar-refractivity contribution in [2.45, 2.75) is 0 Å². The number of amides is 1. The molecule has 0 spiro atoms. The van der Waals surface area contributed by atoms with Crippen molar-refractivity contribution in [3.63, 3.8) is 0 Å². The lowest BCUT2D eigenvalue weighted by Gasteiger charge is -2.28. The van der Waals surface area contributed by atoms with E-state index in [1.807, 2.05) is 0 Å². The van der Waals surface area contributed by atoms with Crippen LogP contribution in [0.15, 0.2) is 18.6 Å². The Morgan fingerprint density at radius 1 is 1.44 bits per heavy atom. The maximum Gasteiger partial charge on any atom is 0.273 e. The number of likely N-dealkylation sites (N-methyl/N-ethyl adjacent to an activating group) is 1. The summed E-state index contributed by atoms with van der Waals surface area (Å²) in [6, 6.07) is 0. The van der Waals surface area contributed by atoms with Gasteiger partial charge in [0.1, 0.15) is 5.69 Å². The van der Waals surface area contributed by atoms with Crippen molar-refractivity contribution in [1.29, 1.82) is 0 Å². The molecule has 1 aromatic rings. The zero-order chi connectivity index (χ0) is 12.8. The number of carbonyl (C=O) groups excluding carboxylic acids is 1. The zero-order valence-corrected chi connectivity index (χ0v) is 10.6. The number of carbonyl (C=O) groups is 1. The molecule has 1 aliphatic heterocycles. The van der Waals surface area contributed by atoms with E-state index in [1.54, 1.807) is 18.1 Å². The Bertz CT molecular complexity index is 379.